The molecule has 1 amide bonds. The summed E-state index contributed by atoms with van der Waals surface area (Å²) in [6.07, 6.45) is 1.38. The summed E-state index contributed by atoms with van der Waals surface area (Å²) in [5, 5.41) is 0. The molecule has 0 unspecified atom stereocenters. The SMILES string of the molecule is CCCCOc1cc(F)c(N2CCN(C(=O)OC(C)(C)C)CC2)c(F)c1. The van der Waals surface area contributed by atoms with Gasteiger partial charge in [-0.2, -0.15) is 0 Å². The molecule has 0 N–H and O–H groups in total. The van der Waals surface area contributed by atoms with Gasteiger partial charge in [-0.25, -0.2) is 13.6 Å². The van der Waals surface area contributed by atoms with Gasteiger partial charge in [-0.05, 0) is 27.2 Å². The molecule has 5 nitrogen and oxygen atoms in total. The van der Waals surface area contributed by atoms with Gasteiger partial charge in [0.1, 0.15) is 17.0 Å². The number of unbranched alkanes of at least 4 members (excludes halogenated alkanes) is 1. The molecule has 1 aliphatic heterocycles. The number of amides is 1. The lowest BCUT2D eigenvalue weighted by Crippen LogP contribution is -2.50. The van der Waals surface area contributed by atoms with E-state index < -0.39 is 23.3 Å². The van der Waals surface area contributed by atoms with E-state index in [0.29, 0.717) is 32.8 Å². The zero-order chi connectivity index (χ0) is 19.3. The molecule has 1 saturated heterocycles. The maximum atomic E-state index is 14.4. The Morgan fingerprint density at radius 1 is 1.12 bits per heavy atom. The normalized spacial score (nSPS) is 15.2. The highest BCUT2D eigenvalue weighted by Crippen LogP contribution is 2.29. The van der Waals surface area contributed by atoms with Gasteiger partial charge < -0.3 is 19.3 Å². The number of anilines is 1. The van der Waals surface area contributed by atoms with Crippen LogP contribution in [0.2, 0.25) is 0 Å². The highest BCUT2D eigenvalue weighted by Gasteiger charge is 2.28. The zero-order valence-electron chi connectivity index (χ0n) is 16.0. The molecule has 1 aliphatic rings. The predicted octanol–water partition coefficient (Wildman–Crippen LogP) is 4.20. The lowest BCUT2D eigenvalue weighted by molar-refractivity contribution is 0.0240. The molecule has 0 radical (unpaired) electrons. The fourth-order valence-electron chi connectivity index (χ4n) is 2.70. The maximum Gasteiger partial charge on any atom is 0.410 e. The van der Waals surface area contributed by atoms with Gasteiger partial charge in [0.15, 0.2) is 11.6 Å². The second-order valence-corrected chi connectivity index (χ2v) is 7.39. The van der Waals surface area contributed by atoms with E-state index in [0.717, 1.165) is 12.8 Å². The van der Waals surface area contributed by atoms with Crippen molar-refractivity contribution in [2.24, 2.45) is 0 Å². The fraction of sp³-hybridized carbons (Fsp3) is 0.632. The third kappa shape index (κ3) is 5.47. The summed E-state index contributed by atoms with van der Waals surface area (Å²) in [6, 6.07) is 2.43. The fourth-order valence-corrected chi connectivity index (χ4v) is 2.70. The molecule has 1 aromatic rings. The second-order valence-electron chi connectivity index (χ2n) is 7.39. The standard InChI is InChI=1S/C19H28F2N2O3/c1-5-6-11-25-14-12-15(20)17(16(21)13-14)22-7-9-23(10-8-22)18(24)26-19(2,3)4/h12-13H,5-11H2,1-4H3. The number of carbonyl (C=O) groups excluding carboxylic acids is 1. The Labute approximate surface area is 153 Å². The van der Waals surface area contributed by atoms with E-state index in [2.05, 4.69) is 0 Å². The lowest BCUT2D eigenvalue weighted by atomic mass is 10.2. The minimum absolute atomic E-state index is 0.0725. The van der Waals surface area contributed by atoms with Crippen LogP contribution in [0.4, 0.5) is 19.3 Å². The Morgan fingerprint density at radius 3 is 2.19 bits per heavy atom. The van der Waals surface area contributed by atoms with E-state index in [1.54, 1.807) is 30.6 Å². The van der Waals surface area contributed by atoms with Crippen LogP contribution in [0.25, 0.3) is 0 Å². The smallest absolute Gasteiger partial charge is 0.410 e. The number of piperazine rings is 1. The van der Waals surface area contributed by atoms with Gasteiger partial charge in [-0.15, -0.1) is 0 Å². The molecule has 1 fully saturated rings. The first-order chi connectivity index (χ1) is 12.2. The van der Waals surface area contributed by atoms with Crippen LogP contribution < -0.4 is 9.64 Å². The number of halogens is 2. The molecule has 26 heavy (non-hydrogen) atoms. The Morgan fingerprint density at radius 2 is 1.69 bits per heavy atom. The topological polar surface area (TPSA) is 42.0 Å². The Bertz CT molecular complexity index is 601. The van der Waals surface area contributed by atoms with Gasteiger partial charge in [-0.3, -0.25) is 0 Å². The Hall–Kier alpha value is -2.05. The predicted molar refractivity (Wildman–Crippen MR) is 96.8 cm³/mol. The van der Waals surface area contributed by atoms with Crippen LogP contribution in [0.5, 0.6) is 5.75 Å². The van der Waals surface area contributed by atoms with Crippen molar-refractivity contribution in [3.8, 4) is 5.75 Å². The minimum atomic E-state index is -0.651. The van der Waals surface area contributed by atoms with E-state index in [1.807, 2.05) is 6.92 Å². The second kappa shape index (κ2) is 8.56. The first kappa shape index (κ1) is 20.3. The first-order valence-corrected chi connectivity index (χ1v) is 9.06. The molecule has 0 aliphatic carbocycles. The third-order valence-corrected chi connectivity index (χ3v) is 4.00. The van der Waals surface area contributed by atoms with Gasteiger partial charge in [0, 0.05) is 38.3 Å². The maximum absolute atomic E-state index is 14.4. The number of rotatable bonds is 5. The van der Waals surface area contributed by atoms with Crippen molar-refractivity contribution >= 4 is 11.8 Å². The van der Waals surface area contributed by atoms with Crippen molar-refractivity contribution in [2.45, 2.75) is 46.1 Å². The van der Waals surface area contributed by atoms with Crippen LogP contribution in [0, 0.1) is 11.6 Å². The van der Waals surface area contributed by atoms with Crippen molar-refractivity contribution in [1.82, 2.24) is 4.90 Å². The molecule has 0 atom stereocenters. The summed E-state index contributed by atoms with van der Waals surface area (Å²) >= 11 is 0. The number of nitrogens with zero attached hydrogens (tertiary/aromatic N) is 2. The van der Waals surface area contributed by atoms with E-state index in [9.17, 15) is 13.6 Å². The first-order valence-electron chi connectivity index (χ1n) is 9.06. The largest absolute Gasteiger partial charge is 0.493 e. The van der Waals surface area contributed by atoms with Crippen LogP contribution >= 0.6 is 0 Å². The number of hydrogen-bond donors (Lipinski definition) is 0. The molecule has 7 heteroatoms. The Balaban J connectivity index is 1.99. The number of hydrogen-bond acceptors (Lipinski definition) is 4. The quantitative estimate of drug-likeness (QED) is 0.729. The molecule has 0 bridgehead atoms. The highest BCUT2D eigenvalue weighted by atomic mass is 19.1. The van der Waals surface area contributed by atoms with E-state index in [-0.39, 0.29) is 11.4 Å². The summed E-state index contributed by atoms with van der Waals surface area (Å²) < 4.78 is 39.5. The van der Waals surface area contributed by atoms with Crippen molar-refractivity contribution in [3.05, 3.63) is 23.8 Å². The van der Waals surface area contributed by atoms with Crippen LogP contribution in [0.15, 0.2) is 12.1 Å². The number of carbonyl (C=O) groups is 1. The zero-order valence-corrected chi connectivity index (χ0v) is 16.0. The summed E-state index contributed by atoms with van der Waals surface area (Å²) in [5.41, 5.74) is -0.642. The van der Waals surface area contributed by atoms with Gasteiger partial charge in [0.2, 0.25) is 0 Å². The van der Waals surface area contributed by atoms with Crippen LogP contribution in [0.3, 0.4) is 0 Å². The van der Waals surface area contributed by atoms with E-state index in [1.165, 1.54) is 12.1 Å². The number of benzene rings is 1. The van der Waals surface area contributed by atoms with Crippen molar-refractivity contribution < 1.29 is 23.0 Å². The van der Waals surface area contributed by atoms with Gasteiger partial charge in [-0.1, -0.05) is 13.3 Å². The van der Waals surface area contributed by atoms with Gasteiger partial charge >= 0.3 is 6.09 Å². The molecule has 1 heterocycles. The molecule has 0 spiro atoms. The average Bonchev–Trinajstić information content (AvgIpc) is 2.53. The van der Waals surface area contributed by atoms with Crippen molar-refractivity contribution in [3.63, 3.8) is 0 Å². The minimum Gasteiger partial charge on any atom is -0.493 e. The molecule has 146 valence electrons. The molecule has 0 saturated carbocycles. The van der Waals surface area contributed by atoms with Crippen LogP contribution in [-0.4, -0.2) is 49.4 Å². The van der Waals surface area contributed by atoms with Crippen molar-refractivity contribution in [2.75, 3.05) is 37.7 Å². The van der Waals surface area contributed by atoms with Gasteiger partial charge in [0.25, 0.3) is 0 Å². The highest BCUT2D eigenvalue weighted by molar-refractivity contribution is 5.68. The summed E-state index contributed by atoms with van der Waals surface area (Å²) in [5.74, 6) is -1.10. The third-order valence-electron chi connectivity index (χ3n) is 4.00. The van der Waals surface area contributed by atoms with Crippen molar-refractivity contribution in [1.29, 1.82) is 0 Å². The van der Waals surface area contributed by atoms with E-state index >= 15 is 0 Å². The lowest BCUT2D eigenvalue weighted by Gasteiger charge is -2.37. The molecule has 1 aromatic carbocycles. The number of ether oxygens (including phenoxy) is 2. The summed E-state index contributed by atoms with van der Waals surface area (Å²) in [7, 11) is 0. The molecular weight excluding hydrogens is 342 g/mol. The molecule has 2 rings (SSSR count). The van der Waals surface area contributed by atoms with Gasteiger partial charge in [0.05, 0.1) is 6.61 Å². The van der Waals surface area contributed by atoms with Crippen LogP contribution in [0.1, 0.15) is 40.5 Å². The monoisotopic (exact) mass is 370 g/mol. The summed E-state index contributed by atoms with van der Waals surface area (Å²) in [6.45, 7) is 9.23. The average molecular weight is 370 g/mol. The van der Waals surface area contributed by atoms with E-state index in [4.69, 9.17) is 9.47 Å². The molecular formula is C19H28F2N2O3. The van der Waals surface area contributed by atoms with Crippen LogP contribution in [-0.2, 0) is 4.74 Å². The Kier molecular flexibility index (Phi) is 6.67. The summed E-state index contributed by atoms with van der Waals surface area (Å²) in [4.78, 5) is 15.2. The molecule has 0 aromatic heterocycles.